The molecule has 3 rings (SSSR count). The summed E-state index contributed by atoms with van der Waals surface area (Å²) in [5.74, 6) is 0.267. The van der Waals surface area contributed by atoms with Crippen molar-refractivity contribution >= 4 is 35.6 Å². The normalized spacial score (nSPS) is 16.5. The monoisotopic (exact) mass is 548 g/mol. The van der Waals surface area contributed by atoms with Crippen LogP contribution in [0.1, 0.15) is 28.3 Å². The fourth-order valence-corrected chi connectivity index (χ4v) is 3.41. The second kappa shape index (κ2) is 11.1. The first kappa shape index (κ1) is 25.4. The van der Waals surface area contributed by atoms with Crippen LogP contribution in [0.5, 0.6) is 0 Å². The summed E-state index contributed by atoms with van der Waals surface area (Å²) in [4.78, 5) is 6.64. The van der Waals surface area contributed by atoms with E-state index in [4.69, 9.17) is 10.5 Å². The quantitative estimate of drug-likeness (QED) is 0.322. The largest absolute Gasteiger partial charge is 0.416 e. The molecule has 31 heavy (non-hydrogen) atoms. The van der Waals surface area contributed by atoms with E-state index in [0.717, 1.165) is 28.9 Å². The summed E-state index contributed by atoms with van der Waals surface area (Å²) in [6, 6.07) is 11.0. The van der Waals surface area contributed by atoms with Gasteiger partial charge in [-0.15, -0.1) is 24.0 Å². The maximum atomic E-state index is 12.9. The van der Waals surface area contributed by atoms with Crippen LogP contribution < -0.4 is 11.1 Å². The van der Waals surface area contributed by atoms with Gasteiger partial charge in [0.15, 0.2) is 5.96 Å². The Balaban J connectivity index is 0.00000341. The van der Waals surface area contributed by atoms with Gasteiger partial charge in [0, 0.05) is 18.8 Å². The molecule has 0 aliphatic carbocycles. The molecule has 170 valence electrons. The first-order valence-corrected chi connectivity index (χ1v) is 9.87. The van der Waals surface area contributed by atoms with Crippen molar-refractivity contribution in [1.82, 2.24) is 4.90 Å². The third-order valence-electron chi connectivity index (χ3n) is 5.32. The topological polar surface area (TPSA) is 62.9 Å². The predicted octanol–water partition coefficient (Wildman–Crippen LogP) is 4.74. The summed E-state index contributed by atoms with van der Waals surface area (Å²) < 4.78 is 44.2. The molecule has 0 spiro atoms. The maximum absolute atomic E-state index is 12.9. The van der Waals surface area contributed by atoms with Gasteiger partial charge in [0.2, 0.25) is 0 Å². The fraction of sp³-hybridized carbons (Fsp3) is 0.409. The highest BCUT2D eigenvalue weighted by Crippen LogP contribution is 2.31. The van der Waals surface area contributed by atoms with Crippen molar-refractivity contribution in [3.63, 3.8) is 0 Å². The molecule has 0 saturated carbocycles. The van der Waals surface area contributed by atoms with Crippen molar-refractivity contribution in [3.05, 3.63) is 64.7 Å². The van der Waals surface area contributed by atoms with Crippen molar-refractivity contribution in [2.45, 2.75) is 26.1 Å². The summed E-state index contributed by atoms with van der Waals surface area (Å²) in [6.45, 7) is 6.92. The smallest absolute Gasteiger partial charge is 0.379 e. The molecule has 9 heteroatoms. The number of morpholine rings is 1. The summed E-state index contributed by atoms with van der Waals surface area (Å²) in [7, 11) is 0. The molecule has 0 aromatic heterocycles. The third-order valence-corrected chi connectivity index (χ3v) is 5.32. The average molecular weight is 548 g/mol. The van der Waals surface area contributed by atoms with Crippen LogP contribution in [0.4, 0.5) is 18.9 Å². The van der Waals surface area contributed by atoms with E-state index in [1.807, 2.05) is 32.0 Å². The van der Waals surface area contributed by atoms with Gasteiger partial charge in [0.25, 0.3) is 0 Å². The highest BCUT2D eigenvalue weighted by molar-refractivity contribution is 14.0. The molecule has 5 nitrogen and oxygen atoms in total. The third kappa shape index (κ3) is 7.08. The Labute approximate surface area is 197 Å². The molecule has 0 amide bonds. The Hall–Kier alpha value is -1.85. The van der Waals surface area contributed by atoms with Gasteiger partial charge in [-0.3, -0.25) is 9.89 Å². The van der Waals surface area contributed by atoms with Crippen LogP contribution in [0.3, 0.4) is 0 Å². The lowest BCUT2D eigenvalue weighted by Gasteiger charge is -2.34. The van der Waals surface area contributed by atoms with E-state index in [1.165, 1.54) is 17.7 Å². The molecule has 1 saturated heterocycles. The second-order valence-corrected chi connectivity index (χ2v) is 7.43. The van der Waals surface area contributed by atoms with Crippen LogP contribution in [0.2, 0.25) is 0 Å². The Morgan fingerprint density at radius 2 is 1.74 bits per heavy atom. The standard InChI is InChI=1S/C22H27F3N4O.HI/c1-15-3-8-19(13-16(15)2)28-21(26)27-14-20(29-9-11-30-12-10-29)17-4-6-18(7-5-17)22(23,24)25;/h3-8,13,20H,9-12,14H2,1-2H3,(H3,26,27,28);1H. The zero-order valence-corrected chi connectivity index (χ0v) is 19.9. The number of ether oxygens (including phenoxy) is 1. The molecule has 0 radical (unpaired) electrons. The minimum atomic E-state index is -4.36. The first-order chi connectivity index (χ1) is 14.2. The first-order valence-electron chi connectivity index (χ1n) is 9.87. The van der Waals surface area contributed by atoms with E-state index in [-0.39, 0.29) is 36.0 Å². The van der Waals surface area contributed by atoms with Crippen LogP contribution in [0.15, 0.2) is 47.5 Å². The number of anilines is 1. The number of rotatable bonds is 5. The van der Waals surface area contributed by atoms with Gasteiger partial charge in [-0.1, -0.05) is 18.2 Å². The van der Waals surface area contributed by atoms with E-state index in [1.54, 1.807) is 0 Å². The fourth-order valence-electron chi connectivity index (χ4n) is 3.41. The average Bonchev–Trinajstić information content (AvgIpc) is 2.71. The van der Waals surface area contributed by atoms with Crippen molar-refractivity contribution in [2.75, 3.05) is 38.2 Å². The zero-order valence-electron chi connectivity index (χ0n) is 17.6. The minimum absolute atomic E-state index is 0. The van der Waals surface area contributed by atoms with Gasteiger partial charge in [-0.2, -0.15) is 13.2 Å². The van der Waals surface area contributed by atoms with E-state index >= 15 is 0 Å². The molecule has 2 aromatic rings. The lowest BCUT2D eigenvalue weighted by atomic mass is 10.0. The van der Waals surface area contributed by atoms with Crippen molar-refractivity contribution in [2.24, 2.45) is 10.7 Å². The highest BCUT2D eigenvalue weighted by atomic mass is 127. The number of halogens is 4. The molecule has 1 unspecified atom stereocenters. The SMILES string of the molecule is Cc1ccc(NC(N)=NCC(c2ccc(C(F)(F)F)cc2)N2CCOCC2)cc1C.I. The van der Waals surface area contributed by atoms with Crippen LogP contribution in [-0.2, 0) is 10.9 Å². The summed E-state index contributed by atoms with van der Waals surface area (Å²) in [6.07, 6.45) is -4.36. The van der Waals surface area contributed by atoms with E-state index in [9.17, 15) is 13.2 Å². The molecular formula is C22H28F3IN4O. The molecule has 1 aliphatic rings. The Kier molecular flexibility index (Phi) is 9.14. The van der Waals surface area contributed by atoms with Gasteiger partial charge >= 0.3 is 6.18 Å². The van der Waals surface area contributed by atoms with Crippen LogP contribution in [0.25, 0.3) is 0 Å². The van der Waals surface area contributed by atoms with Gasteiger partial charge in [0.05, 0.1) is 31.4 Å². The van der Waals surface area contributed by atoms with Crippen LogP contribution >= 0.6 is 24.0 Å². The Bertz CT molecular complexity index is 881. The number of nitrogens with zero attached hydrogens (tertiary/aromatic N) is 2. The zero-order chi connectivity index (χ0) is 21.7. The lowest BCUT2D eigenvalue weighted by Crippen LogP contribution is -2.40. The number of hydrogen-bond acceptors (Lipinski definition) is 3. The van der Waals surface area contributed by atoms with Gasteiger partial charge in [-0.25, -0.2) is 0 Å². The second-order valence-electron chi connectivity index (χ2n) is 7.43. The lowest BCUT2D eigenvalue weighted by molar-refractivity contribution is -0.137. The molecule has 2 aromatic carbocycles. The summed E-state index contributed by atoms with van der Waals surface area (Å²) in [5, 5.41) is 3.08. The molecule has 1 aliphatic heterocycles. The number of hydrogen-bond donors (Lipinski definition) is 2. The molecule has 3 N–H and O–H groups in total. The van der Waals surface area contributed by atoms with Crippen molar-refractivity contribution in [1.29, 1.82) is 0 Å². The van der Waals surface area contributed by atoms with Crippen LogP contribution in [0, 0.1) is 13.8 Å². The number of nitrogens with one attached hydrogen (secondary N) is 1. The van der Waals surface area contributed by atoms with E-state index in [0.29, 0.717) is 32.8 Å². The summed E-state index contributed by atoms with van der Waals surface area (Å²) >= 11 is 0. The number of aliphatic imine (C=N–C) groups is 1. The summed E-state index contributed by atoms with van der Waals surface area (Å²) in [5.41, 5.74) is 9.36. The van der Waals surface area contributed by atoms with Crippen LogP contribution in [-0.4, -0.2) is 43.7 Å². The number of alkyl halides is 3. The predicted molar refractivity (Wildman–Crippen MR) is 128 cm³/mol. The minimum Gasteiger partial charge on any atom is -0.379 e. The van der Waals surface area contributed by atoms with Gasteiger partial charge < -0.3 is 15.8 Å². The number of benzene rings is 2. The molecular weight excluding hydrogens is 520 g/mol. The Morgan fingerprint density at radius 3 is 2.32 bits per heavy atom. The molecule has 1 fully saturated rings. The molecule has 0 bridgehead atoms. The van der Waals surface area contributed by atoms with E-state index in [2.05, 4.69) is 15.2 Å². The molecule has 1 heterocycles. The van der Waals surface area contributed by atoms with E-state index < -0.39 is 11.7 Å². The Morgan fingerprint density at radius 1 is 1.10 bits per heavy atom. The maximum Gasteiger partial charge on any atom is 0.416 e. The molecule has 1 atom stereocenters. The van der Waals surface area contributed by atoms with Gasteiger partial charge in [-0.05, 0) is 54.8 Å². The number of nitrogens with two attached hydrogens (primary N) is 1. The van der Waals surface area contributed by atoms with Crippen molar-refractivity contribution in [3.8, 4) is 0 Å². The number of guanidine groups is 1. The number of aryl methyl sites for hydroxylation is 2. The highest BCUT2D eigenvalue weighted by Gasteiger charge is 2.31. The van der Waals surface area contributed by atoms with Crippen molar-refractivity contribution < 1.29 is 17.9 Å². The van der Waals surface area contributed by atoms with Gasteiger partial charge in [0.1, 0.15) is 0 Å².